The van der Waals surface area contributed by atoms with Crippen LogP contribution in [0.3, 0.4) is 0 Å². The molecular weight excluding hydrogens is 168 g/mol. The maximum Gasteiger partial charge on any atom is 0.00122 e. The van der Waals surface area contributed by atoms with E-state index in [2.05, 4.69) is 37.0 Å². The second kappa shape index (κ2) is 4.16. The van der Waals surface area contributed by atoms with Gasteiger partial charge in [-0.25, -0.2) is 0 Å². The van der Waals surface area contributed by atoms with Crippen LogP contribution in [0.1, 0.15) is 38.5 Å². The molecule has 0 N–H and O–H groups in total. The molecule has 0 heterocycles. The third-order valence-electron chi connectivity index (χ3n) is 3.86. The molecule has 1 saturated carbocycles. The molecule has 0 saturated heterocycles. The molecule has 0 radical (unpaired) electrons. The van der Waals surface area contributed by atoms with Crippen LogP contribution in [0.5, 0.6) is 0 Å². The minimum Gasteiger partial charge on any atom is -0.103 e. The van der Waals surface area contributed by atoms with E-state index in [0.717, 1.165) is 0 Å². The summed E-state index contributed by atoms with van der Waals surface area (Å²) in [5.41, 5.74) is 0.517. The van der Waals surface area contributed by atoms with E-state index in [-0.39, 0.29) is 0 Å². The Balaban J connectivity index is 2.15. The lowest BCUT2D eigenvalue weighted by Crippen LogP contribution is -2.30. The molecular formula is C14H20. The summed E-state index contributed by atoms with van der Waals surface area (Å²) in [4.78, 5) is 0. The van der Waals surface area contributed by atoms with Crippen LogP contribution in [-0.4, -0.2) is 0 Å². The summed E-state index contributed by atoms with van der Waals surface area (Å²) in [7, 11) is 0. The van der Waals surface area contributed by atoms with Gasteiger partial charge in [-0.1, -0.05) is 49.6 Å². The summed E-state index contributed by atoms with van der Waals surface area (Å²) in [6, 6.07) is 0. The van der Waals surface area contributed by atoms with Gasteiger partial charge < -0.3 is 0 Å². The van der Waals surface area contributed by atoms with E-state index < -0.39 is 0 Å². The van der Waals surface area contributed by atoms with Crippen molar-refractivity contribution in [2.24, 2.45) is 11.3 Å². The predicted molar refractivity (Wildman–Crippen MR) is 62.1 cm³/mol. The van der Waals surface area contributed by atoms with Gasteiger partial charge in [0.2, 0.25) is 0 Å². The highest BCUT2D eigenvalue weighted by atomic mass is 14.4. The van der Waals surface area contributed by atoms with Crippen molar-refractivity contribution in [3.63, 3.8) is 0 Å². The van der Waals surface area contributed by atoms with Crippen LogP contribution in [-0.2, 0) is 0 Å². The monoisotopic (exact) mass is 188 g/mol. The van der Waals surface area contributed by atoms with Gasteiger partial charge in [-0.15, -0.1) is 6.58 Å². The first-order valence-electron chi connectivity index (χ1n) is 5.83. The number of rotatable bonds is 3. The molecule has 76 valence electrons. The van der Waals surface area contributed by atoms with Crippen molar-refractivity contribution >= 4 is 0 Å². The summed E-state index contributed by atoms with van der Waals surface area (Å²) in [5, 5.41) is 0. The lowest BCUT2D eigenvalue weighted by Gasteiger charge is -2.40. The summed E-state index contributed by atoms with van der Waals surface area (Å²) in [5.74, 6) is 0.681. The van der Waals surface area contributed by atoms with Gasteiger partial charge in [0.25, 0.3) is 0 Å². The van der Waals surface area contributed by atoms with Gasteiger partial charge in [-0.05, 0) is 24.7 Å². The normalized spacial score (nSPS) is 25.4. The number of hydrogen-bond donors (Lipinski definition) is 0. The Morgan fingerprint density at radius 3 is 2.36 bits per heavy atom. The highest BCUT2D eigenvalue weighted by Gasteiger charge is 2.36. The Kier molecular flexibility index (Phi) is 2.90. The average Bonchev–Trinajstić information content (AvgIpc) is 2.73. The molecule has 0 aromatic rings. The molecule has 0 aliphatic heterocycles. The van der Waals surface area contributed by atoms with Crippen LogP contribution < -0.4 is 0 Å². The van der Waals surface area contributed by atoms with E-state index in [1.165, 1.54) is 38.5 Å². The van der Waals surface area contributed by atoms with Crippen molar-refractivity contribution in [2.75, 3.05) is 0 Å². The summed E-state index contributed by atoms with van der Waals surface area (Å²) < 4.78 is 0. The lowest BCUT2D eigenvalue weighted by atomic mass is 9.64. The van der Waals surface area contributed by atoms with Gasteiger partial charge in [0, 0.05) is 5.92 Å². The standard InChI is InChI=1S/C14H20/c1-2-10-14(11-6-3-7-12-14)13-8-4-5-9-13/h2,4-5,8-9,13H,1,3,6-7,10-12H2. The van der Waals surface area contributed by atoms with Gasteiger partial charge in [0.1, 0.15) is 0 Å². The second-order valence-corrected chi connectivity index (χ2v) is 4.71. The molecule has 2 aliphatic carbocycles. The van der Waals surface area contributed by atoms with Gasteiger partial charge in [0.05, 0.1) is 0 Å². The topological polar surface area (TPSA) is 0 Å². The van der Waals surface area contributed by atoms with Crippen LogP contribution in [0.4, 0.5) is 0 Å². The Morgan fingerprint density at radius 1 is 1.14 bits per heavy atom. The fourth-order valence-corrected chi connectivity index (χ4v) is 3.06. The zero-order valence-electron chi connectivity index (χ0n) is 8.91. The second-order valence-electron chi connectivity index (χ2n) is 4.71. The molecule has 0 nitrogen and oxygen atoms in total. The lowest BCUT2D eigenvalue weighted by molar-refractivity contribution is 0.154. The molecule has 0 unspecified atom stereocenters. The van der Waals surface area contributed by atoms with Crippen molar-refractivity contribution in [1.29, 1.82) is 0 Å². The van der Waals surface area contributed by atoms with Crippen LogP contribution in [0, 0.1) is 11.3 Å². The molecule has 14 heavy (non-hydrogen) atoms. The first kappa shape index (κ1) is 9.76. The molecule has 0 atom stereocenters. The number of allylic oxidation sites excluding steroid dienone is 5. The maximum atomic E-state index is 3.92. The molecule has 2 aliphatic rings. The molecule has 1 fully saturated rings. The molecule has 2 rings (SSSR count). The zero-order valence-corrected chi connectivity index (χ0v) is 8.91. The fraction of sp³-hybridized carbons (Fsp3) is 0.571. The first-order valence-corrected chi connectivity index (χ1v) is 5.83. The van der Waals surface area contributed by atoms with Crippen molar-refractivity contribution < 1.29 is 0 Å². The van der Waals surface area contributed by atoms with E-state index in [1.807, 2.05) is 0 Å². The van der Waals surface area contributed by atoms with E-state index in [9.17, 15) is 0 Å². The molecule has 0 bridgehead atoms. The Labute approximate surface area is 87.4 Å². The minimum absolute atomic E-state index is 0.517. The van der Waals surface area contributed by atoms with Crippen LogP contribution in [0.15, 0.2) is 37.0 Å². The highest BCUT2D eigenvalue weighted by molar-refractivity contribution is 5.22. The molecule has 0 spiro atoms. The average molecular weight is 188 g/mol. The largest absolute Gasteiger partial charge is 0.103 e. The van der Waals surface area contributed by atoms with Gasteiger partial charge in [-0.3, -0.25) is 0 Å². The maximum absolute atomic E-state index is 3.92. The molecule has 0 heteroatoms. The SMILES string of the molecule is C=CCC1(C2C=CC=C2)CCCCC1. The summed E-state index contributed by atoms with van der Waals surface area (Å²) >= 11 is 0. The molecule has 0 aromatic heterocycles. The van der Waals surface area contributed by atoms with Gasteiger partial charge >= 0.3 is 0 Å². The molecule has 0 aromatic carbocycles. The Bertz CT molecular complexity index is 239. The van der Waals surface area contributed by atoms with E-state index in [1.54, 1.807) is 0 Å². The highest BCUT2D eigenvalue weighted by Crippen LogP contribution is 2.47. The van der Waals surface area contributed by atoms with Crippen molar-refractivity contribution in [1.82, 2.24) is 0 Å². The van der Waals surface area contributed by atoms with Crippen LogP contribution in [0.25, 0.3) is 0 Å². The minimum atomic E-state index is 0.517. The van der Waals surface area contributed by atoms with E-state index in [4.69, 9.17) is 0 Å². The number of hydrogen-bond acceptors (Lipinski definition) is 0. The van der Waals surface area contributed by atoms with Crippen molar-refractivity contribution in [2.45, 2.75) is 38.5 Å². The third kappa shape index (κ3) is 1.70. The fourth-order valence-electron chi connectivity index (χ4n) is 3.06. The smallest absolute Gasteiger partial charge is 0.00122 e. The van der Waals surface area contributed by atoms with Gasteiger partial charge in [0.15, 0.2) is 0 Å². The third-order valence-corrected chi connectivity index (χ3v) is 3.86. The van der Waals surface area contributed by atoms with E-state index >= 15 is 0 Å². The van der Waals surface area contributed by atoms with Crippen LogP contribution >= 0.6 is 0 Å². The zero-order chi connectivity index (χ0) is 9.86. The predicted octanol–water partition coefficient (Wildman–Crippen LogP) is 4.26. The van der Waals surface area contributed by atoms with Crippen molar-refractivity contribution in [3.05, 3.63) is 37.0 Å². The first-order chi connectivity index (χ1) is 6.87. The molecule has 0 amide bonds. The Morgan fingerprint density at radius 2 is 1.79 bits per heavy atom. The Hall–Kier alpha value is -0.780. The van der Waals surface area contributed by atoms with E-state index in [0.29, 0.717) is 11.3 Å². The quantitative estimate of drug-likeness (QED) is 0.581. The summed E-state index contributed by atoms with van der Waals surface area (Å²) in [6.07, 6.45) is 19.5. The van der Waals surface area contributed by atoms with Crippen molar-refractivity contribution in [3.8, 4) is 0 Å². The van der Waals surface area contributed by atoms with Gasteiger partial charge in [-0.2, -0.15) is 0 Å². The summed E-state index contributed by atoms with van der Waals surface area (Å²) in [6.45, 7) is 3.92. The van der Waals surface area contributed by atoms with Crippen LogP contribution in [0.2, 0.25) is 0 Å².